The summed E-state index contributed by atoms with van der Waals surface area (Å²) in [4.78, 5) is 14.6. The minimum absolute atomic E-state index is 0.0678. The molecular formula is C22H25FN2O4S. The first kappa shape index (κ1) is 21.0. The van der Waals surface area contributed by atoms with E-state index in [1.54, 1.807) is 4.90 Å². The zero-order valence-electron chi connectivity index (χ0n) is 17.1. The molecule has 2 aromatic carbocycles. The summed E-state index contributed by atoms with van der Waals surface area (Å²) < 4.78 is 46.1. The number of hydrogen-bond donors (Lipinski definition) is 0. The number of nitrogens with zero attached hydrogens (tertiary/aromatic N) is 2. The Labute approximate surface area is 176 Å². The highest BCUT2D eigenvalue weighted by Crippen LogP contribution is 2.33. The van der Waals surface area contributed by atoms with Crippen LogP contribution in [-0.2, 0) is 26.8 Å². The van der Waals surface area contributed by atoms with Crippen LogP contribution in [0.2, 0.25) is 0 Å². The van der Waals surface area contributed by atoms with E-state index < -0.39 is 15.8 Å². The molecule has 30 heavy (non-hydrogen) atoms. The van der Waals surface area contributed by atoms with Crippen molar-refractivity contribution >= 4 is 15.9 Å². The van der Waals surface area contributed by atoms with Crippen molar-refractivity contribution in [3.8, 4) is 0 Å². The summed E-state index contributed by atoms with van der Waals surface area (Å²) >= 11 is 0. The minimum Gasteiger partial charge on any atom is -0.371 e. The standard InChI is InChI=1S/C22H25FN2O4S/c1-22(2)20-7-6-17(14-16(20)8-13-29-22)21(26)24-9-11-25(12-10-24)30(27,28)19-5-3-4-18(23)15-19/h3-7,14-15H,8-13H2,1-2H3. The maximum absolute atomic E-state index is 13.4. The zero-order valence-corrected chi connectivity index (χ0v) is 17.9. The van der Waals surface area contributed by atoms with Gasteiger partial charge in [0.05, 0.1) is 17.1 Å². The Hall–Kier alpha value is -2.29. The minimum atomic E-state index is -3.78. The molecular weight excluding hydrogens is 407 g/mol. The molecule has 0 saturated carbocycles. The molecule has 2 aliphatic rings. The lowest BCUT2D eigenvalue weighted by Crippen LogP contribution is -2.50. The average molecular weight is 433 g/mol. The number of rotatable bonds is 3. The van der Waals surface area contributed by atoms with Crippen molar-refractivity contribution < 1.29 is 22.3 Å². The van der Waals surface area contributed by atoms with Gasteiger partial charge in [0, 0.05) is 31.7 Å². The number of sulfonamides is 1. The van der Waals surface area contributed by atoms with Gasteiger partial charge in [-0.15, -0.1) is 0 Å². The molecule has 0 aromatic heterocycles. The SMILES string of the molecule is CC1(C)OCCc2cc(C(=O)N3CCN(S(=O)(=O)c4cccc(F)c4)CC3)ccc21. The van der Waals surface area contributed by atoms with Gasteiger partial charge in [-0.2, -0.15) is 4.31 Å². The Morgan fingerprint density at radius 2 is 1.80 bits per heavy atom. The monoisotopic (exact) mass is 432 g/mol. The third-order valence-corrected chi connectivity index (χ3v) is 7.69. The molecule has 0 spiro atoms. The van der Waals surface area contributed by atoms with Crippen LogP contribution in [0.3, 0.4) is 0 Å². The van der Waals surface area contributed by atoms with Gasteiger partial charge in [-0.05, 0) is 61.7 Å². The molecule has 0 bridgehead atoms. The lowest BCUT2D eigenvalue weighted by Gasteiger charge is -2.35. The van der Waals surface area contributed by atoms with Crippen molar-refractivity contribution in [2.45, 2.75) is 30.8 Å². The van der Waals surface area contributed by atoms with E-state index in [1.807, 2.05) is 32.0 Å². The van der Waals surface area contributed by atoms with Gasteiger partial charge in [0.2, 0.25) is 10.0 Å². The molecule has 0 aliphatic carbocycles. The van der Waals surface area contributed by atoms with Crippen LogP contribution in [0.5, 0.6) is 0 Å². The quantitative estimate of drug-likeness (QED) is 0.748. The van der Waals surface area contributed by atoms with E-state index >= 15 is 0 Å². The molecule has 2 heterocycles. The molecule has 2 aromatic rings. The van der Waals surface area contributed by atoms with Crippen molar-refractivity contribution in [1.82, 2.24) is 9.21 Å². The number of hydrogen-bond acceptors (Lipinski definition) is 4. The molecule has 4 rings (SSSR count). The average Bonchev–Trinajstić information content (AvgIpc) is 2.73. The topological polar surface area (TPSA) is 66.9 Å². The van der Waals surface area contributed by atoms with E-state index in [-0.39, 0.29) is 29.5 Å². The summed E-state index contributed by atoms with van der Waals surface area (Å²) in [5.41, 5.74) is 2.44. The maximum atomic E-state index is 13.4. The van der Waals surface area contributed by atoms with Gasteiger partial charge in [-0.25, -0.2) is 12.8 Å². The van der Waals surface area contributed by atoms with Crippen LogP contribution >= 0.6 is 0 Å². The number of piperazine rings is 1. The summed E-state index contributed by atoms with van der Waals surface area (Å²) in [6, 6.07) is 10.7. The molecule has 1 amide bonds. The van der Waals surface area contributed by atoms with E-state index in [4.69, 9.17) is 4.74 Å². The number of carbonyl (C=O) groups excluding carboxylic acids is 1. The summed E-state index contributed by atoms with van der Waals surface area (Å²) in [5.74, 6) is -0.698. The Balaban J connectivity index is 1.46. The van der Waals surface area contributed by atoms with Gasteiger partial charge in [0.15, 0.2) is 0 Å². The second kappa shape index (κ2) is 7.76. The first-order valence-electron chi connectivity index (χ1n) is 10.0. The predicted octanol–water partition coefficient (Wildman–Crippen LogP) is 2.78. The van der Waals surface area contributed by atoms with Crippen molar-refractivity contribution in [2.24, 2.45) is 0 Å². The van der Waals surface area contributed by atoms with Gasteiger partial charge in [-0.3, -0.25) is 4.79 Å². The number of fused-ring (bicyclic) bond motifs is 1. The van der Waals surface area contributed by atoms with E-state index in [1.165, 1.54) is 22.5 Å². The fourth-order valence-corrected chi connectivity index (χ4v) is 5.56. The van der Waals surface area contributed by atoms with Crippen molar-refractivity contribution in [1.29, 1.82) is 0 Å². The third-order valence-electron chi connectivity index (χ3n) is 5.79. The molecule has 0 unspecified atom stereocenters. The second-order valence-electron chi connectivity index (χ2n) is 8.13. The number of benzene rings is 2. The fraction of sp³-hybridized carbons (Fsp3) is 0.409. The molecule has 160 valence electrons. The molecule has 6 nitrogen and oxygen atoms in total. The maximum Gasteiger partial charge on any atom is 0.253 e. The van der Waals surface area contributed by atoms with Crippen LogP contribution in [0, 0.1) is 5.82 Å². The van der Waals surface area contributed by atoms with E-state index in [0.717, 1.165) is 23.6 Å². The molecule has 0 radical (unpaired) electrons. The van der Waals surface area contributed by atoms with Gasteiger partial charge in [0.25, 0.3) is 5.91 Å². The molecule has 2 aliphatic heterocycles. The van der Waals surface area contributed by atoms with Gasteiger partial charge >= 0.3 is 0 Å². The normalized spacial score (nSPS) is 19.4. The van der Waals surface area contributed by atoms with Crippen molar-refractivity contribution in [2.75, 3.05) is 32.8 Å². The first-order valence-corrected chi connectivity index (χ1v) is 11.4. The molecule has 0 N–H and O–H groups in total. The van der Waals surface area contributed by atoms with Gasteiger partial charge in [-0.1, -0.05) is 12.1 Å². The van der Waals surface area contributed by atoms with Crippen LogP contribution in [-0.4, -0.2) is 56.3 Å². The van der Waals surface area contributed by atoms with Crippen molar-refractivity contribution in [3.05, 3.63) is 65.0 Å². The molecule has 0 atom stereocenters. The lowest BCUT2D eigenvalue weighted by atomic mass is 9.88. The van der Waals surface area contributed by atoms with Gasteiger partial charge in [0.1, 0.15) is 5.82 Å². The van der Waals surface area contributed by atoms with Crippen LogP contribution in [0.25, 0.3) is 0 Å². The van der Waals surface area contributed by atoms with E-state index in [2.05, 4.69) is 0 Å². The summed E-state index contributed by atoms with van der Waals surface area (Å²) in [5, 5.41) is 0. The predicted molar refractivity (Wildman–Crippen MR) is 110 cm³/mol. The number of ether oxygens (including phenoxy) is 1. The Bertz CT molecular complexity index is 1080. The Kier molecular flexibility index (Phi) is 5.42. The van der Waals surface area contributed by atoms with Crippen LogP contribution in [0.4, 0.5) is 4.39 Å². The third kappa shape index (κ3) is 3.87. The molecule has 1 fully saturated rings. The number of carbonyl (C=O) groups is 1. The smallest absolute Gasteiger partial charge is 0.253 e. The van der Waals surface area contributed by atoms with Crippen molar-refractivity contribution in [3.63, 3.8) is 0 Å². The van der Waals surface area contributed by atoms with Gasteiger partial charge < -0.3 is 9.64 Å². The zero-order chi connectivity index (χ0) is 21.5. The summed E-state index contributed by atoms with van der Waals surface area (Å²) in [7, 11) is -3.78. The largest absolute Gasteiger partial charge is 0.371 e. The summed E-state index contributed by atoms with van der Waals surface area (Å²) in [6.07, 6.45) is 0.763. The highest BCUT2D eigenvalue weighted by Gasteiger charge is 2.32. The molecule has 8 heteroatoms. The van der Waals surface area contributed by atoms with E-state index in [0.29, 0.717) is 25.3 Å². The van der Waals surface area contributed by atoms with Crippen LogP contribution in [0.15, 0.2) is 47.4 Å². The molecule has 1 saturated heterocycles. The van der Waals surface area contributed by atoms with E-state index in [9.17, 15) is 17.6 Å². The fourth-order valence-electron chi connectivity index (χ4n) is 4.11. The number of amides is 1. The lowest BCUT2D eigenvalue weighted by molar-refractivity contribution is -0.0315. The Morgan fingerprint density at radius 3 is 2.50 bits per heavy atom. The highest BCUT2D eigenvalue weighted by atomic mass is 32.2. The Morgan fingerprint density at radius 1 is 1.07 bits per heavy atom. The first-order chi connectivity index (χ1) is 14.2. The highest BCUT2D eigenvalue weighted by molar-refractivity contribution is 7.89. The summed E-state index contributed by atoms with van der Waals surface area (Å²) in [6.45, 7) is 5.59. The van der Waals surface area contributed by atoms with Crippen LogP contribution in [0.1, 0.15) is 35.3 Å². The number of halogens is 1. The second-order valence-corrected chi connectivity index (χ2v) is 10.1. The van der Waals surface area contributed by atoms with Crippen LogP contribution < -0.4 is 0 Å².